The molecular formula is C24H23BrN4. The van der Waals surface area contributed by atoms with E-state index in [9.17, 15) is 0 Å². The molecule has 1 aliphatic rings. The number of anilines is 1. The molecule has 1 aliphatic heterocycles. The fourth-order valence-electron chi connectivity index (χ4n) is 3.28. The normalized spacial score (nSPS) is 13.0. The summed E-state index contributed by atoms with van der Waals surface area (Å²) in [7, 11) is 4.09. The molecular weight excluding hydrogens is 424 g/mol. The van der Waals surface area contributed by atoms with Crippen LogP contribution in [0.25, 0.3) is 0 Å². The van der Waals surface area contributed by atoms with Gasteiger partial charge in [-0.2, -0.15) is 5.10 Å². The van der Waals surface area contributed by atoms with Gasteiger partial charge in [-0.15, -0.1) is 0 Å². The van der Waals surface area contributed by atoms with Crippen molar-refractivity contribution in [2.75, 3.05) is 19.0 Å². The average Bonchev–Trinajstić information content (AvgIpc) is 2.93. The van der Waals surface area contributed by atoms with E-state index in [2.05, 4.69) is 75.6 Å². The molecule has 0 saturated heterocycles. The van der Waals surface area contributed by atoms with Crippen LogP contribution in [0.5, 0.6) is 0 Å². The first-order valence-electron chi connectivity index (χ1n) is 9.64. The van der Waals surface area contributed by atoms with E-state index in [1.165, 1.54) is 5.56 Å². The Hall–Kier alpha value is -2.92. The smallest absolute Gasteiger partial charge is 0.154 e. The fourth-order valence-corrected chi connectivity index (χ4v) is 3.54. The zero-order chi connectivity index (χ0) is 20.4. The molecule has 0 bridgehead atoms. The highest BCUT2D eigenvalue weighted by Gasteiger charge is 2.18. The van der Waals surface area contributed by atoms with E-state index in [1.54, 1.807) is 0 Å². The van der Waals surface area contributed by atoms with E-state index in [0.717, 1.165) is 50.5 Å². The second kappa shape index (κ2) is 8.21. The quantitative estimate of drug-likeness (QED) is 0.573. The Kier molecular flexibility index (Phi) is 5.49. The molecule has 0 amide bonds. The SMILES string of the molecule is CCc1ccc2c(c1)C(c1ccc(N(C)C)cc1)=NNC(c1ccc(Br)cc1)=N2. The molecule has 4 rings (SSSR count). The molecule has 0 spiro atoms. The largest absolute Gasteiger partial charge is 0.378 e. The van der Waals surface area contributed by atoms with Gasteiger partial charge < -0.3 is 4.90 Å². The van der Waals surface area contributed by atoms with E-state index in [0.29, 0.717) is 0 Å². The van der Waals surface area contributed by atoms with Crippen LogP contribution >= 0.6 is 15.9 Å². The third-order valence-corrected chi connectivity index (χ3v) is 5.53. The minimum atomic E-state index is 0.739. The van der Waals surface area contributed by atoms with Crippen LogP contribution in [-0.4, -0.2) is 25.6 Å². The molecule has 0 saturated carbocycles. The number of benzene rings is 3. The highest BCUT2D eigenvalue weighted by Crippen LogP contribution is 2.28. The lowest BCUT2D eigenvalue weighted by atomic mass is 9.97. The zero-order valence-corrected chi connectivity index (χ0v) is 18.4. The van der Waals surface area contributed by atoms with Crippen LogP contribution in [0, 0.1) is 0 Å². The summed E-state index contributed by atoms with van der Waals surface area (Å²) in [5, 5.41) is 4.78. The first kappa shape index (κ1) is 19.4. The Balaban J connectivity index is 1.82. The highest BCUT2D eigenvalue weighted by atomic mass is 79.9. The number of hydrazone groups is 1. The van der Waals surface area contributed by atoms with Crippen LogP contribution in [0.15, 0.2) is 81.3 Å². The van der Waals surface area contributed by atoms with Gasteiger partial charge in [0, 0.05) is 40.9 Å². The van der Waals surface area contributed by atoms with Crippen LogP contribution < -0.4 is 10.3 Å². The van der Waals surface area contributed by atoms with Crippen LogP contribution in [0.3, 0.4) is 0 Å². The number of fused-ring (bicyclic) bond motifs is 1. The number of aliphatic imine (C=N–C) groups is 1. The van der Waals surface area contributed by atoms with Gasteiger partial charge in [-0.25, -0.2) is 4.99 Å². The van der Waals surface area contributed by atoms with Crippen LogP contribution in [0.2, 0.25) is 0 Å². The minimum Gasteiger partial charge on any atom is -0.378 e. The van der Waals surface area contributed by atoms with Crippen LogP contribution in [0.4, 0.5) is 11.4 Å². The summed E-state index contributed by atoms with van der Waals surface area (Å²) in [5.41, 5.74) is 10.5. The maximum absolute atomic E-state index is 4.90. The summed E-state index contributed by atoms with van der Waals surface area (Å²) in [4.78, 5) is 7.00. The molecule has 0 atom stereocenters. The molecule has 29 heavy (non-hydrogen) atoms. The maximum atomic E-state index is 4.90. The van der Waals surface area contributed by atoms with E-state index >= 15 is 0 Å². The minimum absolute atomic E-state index is 0.739. The lowest BCUT2D eigenvalue weighted by Crippen LogP contribution is -2.19. The zero-order valence-electron chi connectivity index (χ0n) is 16.8. The molecule has 146 valence electrons. The number of hydrogen-bond donors (Lipinski definition) is 1. The Bertz CT molecular complexity index is 1080. The number of rotatable bonds is 4. The standard InChI is InChI=1S/C24H23BrN4/c1-4-16-5-14-22-21(15-16)23(17-8-12-20(13-9-17)29(2)3)27-28-24(26-22)18-6-10-19(25)11-7-18/h5-15H,4H2,1-3H3,(H,26,28). The van der Waals surface area contributed by atoms with Gasteiger partial charge in [-0.3, -0.25) is 5.43 Å². The van der Waals surface area contributed by atoms with Crippen LogP contribution in [-0.2, 0) is 6.42 Å². The predicted octanol–water partition coefficient (Wildman–Crippen LogP) is 5.51. The van der Waals surface area contributed by atoms with Crippen molar-refractivity contribution in [1.82, 2.24) is 5.43 Å². The number of nitrogens with zero attached hydrogens (tertiary/aromatic N) is 3. The van der Waals surface area contributed by atoms with Gasteiger partial charge in [0.25, 0.3) is 0 Å². The molecule has 0 fully saturated rings. The molecule has 0 aromatic heterocycles. The van der Waals surface area contributed by atoms with Crippen molar-refractivity contribution in [3.63, 3.8) is 0 Å². The summed E-state index contributed by atoms with van der Waals surface area (Å²) in [6.45, 7) is 2.16. The molecule has 4 nitrogen and oxygen atoms in total. The van der Waals surface area contributed by atoms with Gasteiger partial charge in [-0.1, -0.05) is 53.2 Å². The van der Waals surface area contributed by atoms with Crippen molar-refractivity contribution in [2.45, 2.75) is 13.3 Å². The maximum Gasteiger partial charge on any atom is 0.154 e. The van der Waals surface area contributed by atoms with Crippen molar-refractivity contribution >= 4 is 38.9 Å². The summed E-state index contributed by atoms with van der Waals surface area (Å²) in [5.74, 6) is 0.739. The van der Waals surface area contributed by atoms with Gasteiger partial charge in [0.15, 0.2) is 5.84 Å². The molecule has 0 radical (unpaired) electrons. The van der Waals surface area contributed by atoms with Crippen molar-refractivity contribution in [1.29, 1.82) is 0 Å². The Morgan fingerprint density at radius 2 is 1.59 bits per heavy atom. The molecule has 3 aromatic rings. The Morgan fingerprint density at radius 1 is 0.897 bits per heavy atom. The summed E-state index contributed by atoms with van der Waals surface area (Å²) in [6.07, 6.45) is 0.969. The number of hydrogen-bond acceptors (Lipinski definition) is 4. The third-order valence-electron chi connectivity index (χ3n) is 5.00. The lowest BCUT2D eigenvalue weighted by Gasteiger charge is -2.14. The average molecular weight is 447 g/mol. The topological polar surface area (TPSA) is 40.0 Å². The third kappa shape index (κ3) is 4.10. The number of aryl methyl sites for hydroxylation is 1. The Morgan fingerprint density at radius 3 is 2.24 bits per heavy atom. The second-order valence-electron chi connectivity index (χ2n) is 7.19. The van der Waals surface area contributed by atoms with Gasteiger partial charge in [-0.05, 0) is 48.4 Å². The monoisotopic (exact) mass is 446 g/mol. The van der Waals surface area contributed by atoms with Gasteiger partial charge in [0.1, 0.15) is 0 Å². The number of nitrogens with one attached hydrogen (secondary N) is 1. The first-order chi connectivity index (χ1) is 14.0. The first-order valence-corrected chi connectivity index (χ1v) is 10.4. The van der Waals surface area contributed by atoms with E-state index in [1.807, 2.05) is 38.4 Å². The molecule has 0 aliphatic carbocycles. The van der Waals surface area contributed by atoms with Crippen molar-refractivity contribution in [3.05, 3.63) is 93.5 Å². The lowest BCUT2D eigenvalue weighted by molar-refractivity contribution is 1.03. The molecule has 5 heteroatoms. The summed E-state index contributed by atoms with van der Waals surface area (Å²) < 4.78 is 1.04. The molecule has 3 aromatic carbocycles. The molecule has 1 heterocycles. The second-order valence-corrected chi connectivity index (χ2v) is 8.10. The summed E-state index contributed by atoms with van der Waals surface area (Å²) >= 11 is 3.49. The number of amidine groups is 1. The van der Waals surface area contributed by atoms with Crippen molar-refractivity contribution in [3.8, 4) is 0 Å². The van der Waals surface area contributed by atoms with Crippen molar-refractivity contribution in [2.24, 2.45) is 10.1 Å². The summed E-state index contributed by atoms with van der Waals surface area (Å²) in [6, 6.07) is 23.0. The predicted molar refractivity (Wildman–Crippen MR) is 126 cm³/mol. The highest BCUT2D eigenvalue weighted by molar-refractivity contribution is 9.10. The van der Waals surface area contributed by atoms with Gasteiger partial charge in [0.05, 0.1) is 11.4 Å². The van der Waals surface area contributed by atoms with Gasteiger partial charge in [0.2, 0.25) is 0 Å². The van der Waals surface area contributed by atoms with Crippen LogP contribution in [0.1, 0.15) is 29.2 Å². The van der Waals surface area contributed by atoms with Crippen molar-refractivity contribution < 1.29 is 0 Å². The number of halogens is 1. The fraction of sp³-hybridized carbons (Fsp3) is 0.167. The van der Waals surface area contributed by atoms with Gasteiger partial charge >= 0.3 is 0 Å². The van der Waals surface area contributed by atoms with E-state index < -0.39 is 0 Å². The van der Waals surface area contributed by atoms with E-state index in [-0.39, 0.29) is 0 Å². The molecule has 1 N–H and O–H groups in total. The molecule has 0 unspecified atom stereocenters. The Labute approximate surface area is 180 Å². The van der Waals surface area contributed by atoms with E-state index in [4.69, 9.17) is 10.1 Å².